The van der Waals surface area contributed by atoms with Crippen LogP contribution in [0.25, 0.3) is 0 Å². The molecule has 5 nitrogen and oxygen atoms in total. The van der Waals surface area contributed by atoms with Crippen LogP contribution in [0.5, 0.6) is 6.01 Å². The summed E-state index contributed by atoms with van der Waals surface area (Å²) in [6.45, 7) is 1.90. The molecule has 0 saturated carbocycles. The standard InChI is InChI=1S/C7H9N3O2/c1-2-3-6(11)12-7-9-4-8-5-10-7/h4-5H,2-3H2,1H3. The van der Waals surface area contributed by atoms with E-state index in [4.69, 9.17) is 4.74 Å². The Kier molecular flexibility index (Phi) is 3.13. The molecule has 1 aromatic heterocycles. The summed E-state index contributed by atoms with van der Waals surface area (Å²) in [4.78, 5) is 21.7. The highest BCUT2D eigenvalue weighted by molar-refractivity contribution is 5.71. The van der Waals surface area contributed by atoms with Crippen molar-refractivity contribution in [3.63, 3.8) is 0 Å². The Morgan fingerprint density at radius 1 is 1.50 bits per heavy atom. The summed E-state index contributed by atoms with van der Waals surface area (Å²) in [5.41, 5.74) is 0. The Morgan fingerprint density at radius 3 is 2.75 bits per heavy atom. The average Bonchev–Trinajstić information content (AvgIpc) is 2.06. The molecule has 1 aromatic rings. The summed E-state index contributed by atoms with van der Waals surface area (Å²) in [5.74, 6) is -0.316. The molecule has 64 valence electrons. The van der Waals surface area contributed by atoms with Gasteiger partial charge in [0.25, 0.3) is 0 Å². The maximum absolute atomic E-state index is 10.9. The predicted molar refractivity (Wildman–Crippen MR) is 40.4 cm³/mol. The van der Waals surface area contributed by atoms with Crippen LogP contribution in [0.3, 0.4) is 0 Å². The van der Waals surface area contributed by atoms with Crippen molar-refractivity contribution in [3.8, 4) is 6.01 Å². The first kappa shape index (κ1) is 8.58. The number of esters is 1. The minimum Gasteiger partial charge on any atom is -0.391 e. The van der Waals surface area contributed by atoms with Gasteiger partial charge in [0, 0.05) is 6.42 Å². The summed E-state index contributed by atoms with van der Waals surface area (Å²) >= 11 is 0. The van der Waals surface area contributed by atoms with Gasteiger partial charge in [-0.3, -0.25) is 4.79 Å². The molecule has 1 heterocycles. The molecule has 1 rings (SSSR count). The van der Waals surface area contributed by atoms with Crippen molar-refractivity contribution in [2.24, 2.45) is 0 Å². The molecular formula is C7H9N3O2. The van der Waals surface area contributed by atoms with Gasteiger partial charge < -0.3 is 4.74 Å². The van der Waals surface area contributed by atoms with E-state index in [9.17, 15) is 4.79 Å². The normalized spacial score (nSPS) is 9.42. The molecule has 0 bridgehead atoms. The predicted octanol–water partition coefficient (Wildman–Crippen LogP) is 0.577. The third-order valence-corrected chi connectivity index (χ3v) is 1.13. The summed E-state index contributed by atoms with van der Waals surface area (Å²) in [7, 11) is 0. The molecule has 0 aliphatic carbocycles. The van der Waals surface area contributed by atoms with Crippen LogP contribution in [0.2, 0.25) is 0 Å². The minimum absolute atomic E-state index is 0.0588. The van der Waals surface area contributed by atoms with Crippen LogP contribution in [0.4, 0.5) is 0 Å². The highest BCUT2D eigenvalue weighted by Crippen LogP contribution is 1.99. The first-order valence-electron chi connectivity index (χ1n) is 3.65. The fourth-order valence-corrected chi connectivity index (χ4v) is 0.638. The van der Waals surface area contributed by atoms with Gasteiger partial charge in [-0.1, -0.05) is 6.92 Å². The molecule has 0 aromatic carbocycles. The van der Waals surface area contributed by atoms with Gasteiger partial charge in [-0.2, -0.15) is 9.97 Å². The van der Waals surface area contributed by atoms with Crippen LogP contribution >= 0.6 is 0 Å². The lowest BCUT2D eigenvalue weighted by atomic mass is 10.3. The first-order valence-corrected chi connectivity index (χ1v) is 3.65. The van der Waals surface area contributed by atoms with E-state index in [1.807, 2.05) is 6.92 Å². The minimum atomic E-state index is -0.316. The van der Waals surface area contributed by atoms with Crippen molar-refractivity contribution >= 4 is 5.97 Å². The highest BCUT2D eigenvalue weighted by Gasteiger charge is 2.03. The Balaban J connectivity index is 2.47. The van der Waals surface area contributed by atoms with Gasteiger partial charge in [-0.15, -0.1) is 0 Å². The topological polar surface area (TPSA) is 65.0 Å². The van der Waals surface area contributed by atoms with Gasteiger partial charge in [0.2, 0.25) is 0 Å². The number of carbonyl (C=O) groups is 1. The van der Waals surface area contributed by atoms with Crippen molar-refractivity contribution in [2.45, 2.75) is 19.8 Å². The molecule has 0 atom stereocenters. The van der Waals surface area contributed by atoms with E-state index in [0.717, 1.165) is 6.42 Å². The number of hydrogen-bond acceptors (Lipinski definition) is 5. The molecule has 0 N–H and O–H groups in total. The van der Waals surface area contributed by atoms with Gasteiger partial charge >= 0.3 is 12.0 Å². The van der Waals surface area contributed by atoms with Crippen LogP contribution in [0.1, 0.15) is 19.8 Å². The fourth-order valence-electron chi connectivity index (χ4n) is 0.638. The zero-order chi connectivity index (χ0) is 8.81. The highest BCUT2D eigenvalue weighted by atomic mass is 16.5. The smallest absolute Gasteiger partial charge is 0.327 e. The number of nitrogens with zero attached hydrogens (tertiary/aromatic N) is 3. The second kappa shape index (κ2) is 4.38. The van der Waals surface area contributed by atoms with Crippen molar-refractivity contribution < 1.29 is 9.53 Å². The SMILES string of the molecule is CCCC(=O)Oc1ncncn1. The summed E-state index contributed by atoms with van der Waals surface area (Å²) in [6.07, 6.45) is 3.69. The molecule has 0 saturated heterocycles. The van der Waals surface area contributed by atoms with E-state index in [1.165, 1.54) is 12.7 Å². The van der Waals surface area contributed by atoms with Crippen molar-refractivity contribution in [3.05, 3.63) is 12.7 Å². The molecule has 0 aliphatic heterocycles. The third kappa shape index (κ3) is 2.61. The summed E-state index contributed by atoms with van der Waals surface area (Å²) < 4.78 is 4.75. The molecule has 0 aliphatic rings. The number of rotatable bonds is 3. The lowest BCUT2D eigenvalue weighted by Crippen LogP contribution is -2.09. The van der Waals surface area contributed by atoms with Crippen molar-refractivity contribution in [1.82, 2.24) is 15.0 Å². The third-order valence-electron chi connectivity index (χ3n) is 1.13. The molecule has 0 radical (unpaired) electrons. The Morgan fingerprint density at radius 2 is 2.17 bits per heavy atom. The molecule has 0 fully saturated rings. The fraction of sp³-hybridized carbons (Fsp3) is 0.429. The van der Waals surface area contributed by atoms with E-state index in [2.05, 4.69) is 15.0 Å². The summed E-state index contributed by atoms with van der Waals surface area (Å²) in [5, 5.41) is 0. The molecular weight excluding hydrogens is 158 g/mol. The van der Waals surface area contributed by atoms with Gasteiger partial charge in [0.1, 0.15) is 12.7 Å². The largest absolute Gasteiger partial charge is 0.391 e. The molecule has 12 heavy (non-hydrogen) atoms. The van der Waals surface area contributed by atoms with E-state index in [0.29, 0.717) is 6.42 Å². The van der Waals surface area contributed by atoms with Crippen LogP contribution in [0.15, 0.2) is 12.7 Å². The summed E-state index contributed by atoms with van der Waals surface area (Å²) in [6, 6.07) is 0.0588. The monoisotopic (exact) mass is 167 g/mol. The Labute approximate surface area is 69.8 Å². The number of aromatic nitrogens is 3. The van der Waals surface area contributed by atoms with Gasteiger partial charge in [0.15, 0.2) is 0 Å². The lowest BCUT2D eigenvalue weighted by Gasteiger charge is -1.98. The zero-order valence-corrected chi connectivity index (χ0v) is 6.73. The maximum Gasteiger partial charge on any atom is 0.327 e. The molecule has 5 heteroatoms. The Bertz CT molecular complexity index is 250. The van der Waals surface area contributed by atoms with Gasteiger partial charge in [-0.25, -0.2) is 4.98 Å². The molecule has 0 spiro atoms. The Hall–Kier alpha value is -1.52. The van der Waals surface area contributed by atoms with E-state index >= 15 is 0 Å². The molecule has 0 unspecified atom stereocenters. The zero-order valence-electron chi connectivity index (χ0n) is 6.73. The van der Waals surface area contributed by atoms with Crippen LogP contribution < -0.4 is 4.74 Å². The molecule has 0 amide bonds. The van der Waals surface area contributed by atoms with E-state index in [-0.39, 0.29) is 12.0 Å². The average molecular weight is 167 g/mol. The second-order valence-corrected chi connectivity index (χ2v) is 2.14. The quantitative estimate of drug-likeness (QED) is 0.616. The van der Waals surface area contributed by atoms with Crippen LogP contribution in [0, 0.1) is 0 Å². The lowest BCUT2D eigenvalue weighted by molar-refractivity contribution is -0.134. The van der Waals surface area contributed by atoms with Crippen LogP contribution in [-0.4, -0.2) is 20.9 Å². The number of hydrogen-bond donors (Lipinski definition) is 0. The number of ether oxygens (including phenoxy) is 1. The van der Waals surface area contributed by atoms with Gasteiger partial charge in [0.05, 0.1) is 0 Å². The van der Waals surface area contributed by atoms with Crippen molar-refractivity contribution in [1.29, 1.82) is 0 Å². The van der Waals surface area contributed by atoms with Crippen molar-refractivity contribution in [2.75, 3.05) is 0 Å². The second-order valence-electron chi connectivity index (χ2n) is 2.14. The first-order chi connectivity index (χ1) is 5.83. The van der Waals surface area contributed by atoms with Crippen LogP contribution in [-0.2, 0) is 4.79 Å². The van der Waals surface area contributed by atoms with E-state index < -0.39 is 0 Å². The maximum atomic E-state index is 10.9. The number of carbonyl (C=O) groups excluding carboxylic acids is 1. The van der Waals surface area contributed by atoms with Gasteiger partial charge in [-0.05, 0) is 6.42 Å². The van der Waals surface area contributed by atoms with E-state index in [1.54, 1.807) is 0 Å².